The average Bonchev–Trinajstić information content (AvgIpc) is 3.08. The van der Waals surface area contributed by atoms with Crippen molar-refractivity contribution >= 4 is 5.91 Å². The van der Waals surface area contributed by atoms with Gasteiger partial charge in [0, 0.05) is 18.6 Å². The second kappa shape index (κ2) is 8.69. The molecule has 1 aliphatic carbocycles. The maximum absolute atomic E-state index is 13.0. The normalized spacial score (nSPS) is 41.7. The van der Waals surface area contributed by atoms with E-state index in [1.807, 2.05) is 7.05 Å². The van der Waals surface area contributed by atoms with Gasteiger partial charge in [-0.2, -0.15) is 13.2 Å². The summed E-state index contributed by atoms with van der Waals surface area (Å²) in [4.78, 5) is 15.0. The Labute approximate surface area is 170 Å². The zero-order valence-electron chi connectivity index (χ0n) is 17.1. The molecule has 29 heavy (non-hydrogen) atoms. The van der Waals surface area contributed by atoms with Crippen LogP contribution in [0.5, 0.6) is 0 Å². The fourth-order valence-electron chi connectivity index (χ4n) is 6.03. The molecular weight excluding hydrogens is 383 g/mol. The van der Waals surface area contributed by atoms with Crippen LogP contribution in [-0.4, -0.2) is 74.0 Å². The fourth-order valence-corrected chi connectivity index (χ4v) is 6.03. The van der Waals surface area contributed by atoms with Crippen LogP contribution in [0.15, 0.2) is 0 Å². The van der Waals surface area contributed by atoms with E-state index in [0.717, 1.165) is 6.54 Å². The molecule has 0 radical (unpaired) electrons. The number of nitrogens with zero attached hydrogens (tertiary/aromatic N) is 1. The molecular formula is C20H34F3N5O. The third-order valence-electron chi connectivity index (χ3n) is 7.54. The third-order valence-corrected chi connectivity index (χ3v) is 7.54. The Bertz CT molecular complexity index is 587. The molecule has 3 aliphatic heterocycles. The van der Waals surface area contributed by atoms with Gasteiger partial charge in [0.05, 0.1) is 6.17 Å². The second-order valence-electron chi connectivity index (χ2n) is 9.27. The van der Waals surface area contributed by atoms with Gasteiger partial charge >= 0.3 is 6.18 Å². The van der Waals surface area contributed by atoms with Crippen molar-refractivity contribution in [2.75, 3.05) is 26.7 Å². The van der Waals surface area contributed by atoms with Gasteiger partial charge in [0.25, 0.3) is 0 Å². The van der Waals surface area contributed by atoms with Crippen LogP contribution in [0.2, 0.25) is 0 Å². The second-order valence-corrected chi connectivity index (χ2v) is 9.27. The number of amides is 1. The molecule has 4 fully saturated rings. The first-order valence-corrected chi connectivity index (χ1v) is 11.1. The van der Waals surface area contributed by atoms with Crippen LogP contribution in [0.25, 0.3) is 0 Å². The number of piperidine rings is 2. The molecule has 4 rings (SSSR count). The Morgan fingerprint density at radius 3 is 2.59 bits per heavy atom. The zero-order chi connectivity index (χ0) is 20.6. The molecule has 7 unspecified atom stereocenters. The van der Waals surface area contributed by atoms with Crippen molar-refractivity contribution in [1.29, 1.82) is 0 Å². The Morgan fingerprint density at radius 1 is 1.00 bits per heavy atom. The van der Waals surface area contributed by atoms with Gasteiger partial charge in [-0.05, 0) is 70.5 Å². The number of alkyl halides is 3. The molecule has 1 saturated carbocycles. The summed E-state index contributed by atoms with van der Waals surface area (Å²) in [5.74, 6) is 0.999. The van der Waals surface area contributed by atoms with Gasteiger partial charge in [-0.1, -0.05) is 6.42 Å². The molecule has 0 spiro atoms. The average molecular weight is 418 g/mol. The van der Waals surface area contributed by atoms with E-state index >= 15 is 0 Å². The Balaban J connectivity index is 1.34. The predicted octanol–water partition coefficient (Wildman–Crippen LogP) is 1.18. The highest BCUT2D eigenvalue weighted by molar-refractivity contribution is 5.82. The Kier molecular flexibility index (Phi) is 6.39. The molecule has 3 saturated heterocycles. The smallest absolute Gasteiger partial charge is 0.352 e. The molecule has 3 heterocycles. The summed E-state index contributed by atoms with van der Waals surface area (Å²) in [5.41, 5.74) is 0. The van der Waals surface area contributed by atoms with Crippen LogP contribution >= 0.6 is 0 Å². The minimum atomic E-state index is -4.27. The number of hydrogen-bond acceptors (Lipinski definition) is 5. The number of hydrogen-bond donors (Lipinski definition) is 4. The predicted molar refractivity (Wildman–Crippen MR) is 104 cm³/mol. The molecule has 1 amide bonds. The number of fused-ring (bicyclic) bond motifs is 1. The SMILES string of the molecule is CN1C(C(=O)NC2CCNC(C(F)(F)F)C2)CNC1C1CCCC2NCCCC21. The van der Waals surface area contributed by atoms with E-state index in [2.05, 4.69) is 26.2 Å². The molecule has 9 heteroatoms. The molecule has 0 bridgehead atoms. The zero-order valence-corrected chi connectivity index (χ0v) is 17.1. The number of carbonyl (C=O) groups is 1. The third kappa shape index (κ3) is 4.57. The van der Waals surface area contributed by atoms with Crippen LogP contribution in [0.4, 0.5) is 13.2 Å². The minimum Gasteiger partial charge on any atom is -0.352 e. The molecule has 166 valence electrons. The summed E-state index contributed by atoms with van der Waals surface area (Å²) in [6.07, 6.45) is 2.37. The maximum Gasteiger partial charge on any atom is 0.403 e. The first-order chi connectivity index (χ1) is 13.8. The minimum absolute atomic E-state index is 0.0966. The van der Waals surface area contributed by atoms with Gasteiger partial charge in [0.1, 0.15) is 12.1 Å². The lowest BCUT2D eigenvalue weighted by Gasteiger charge is -2.45. The van der Waals surface area contributed by atoms with E-state index in [4.69, 9.17) is 0 Å². The quantitative estimate of drug-likeness (QED) is 0.556. The summed E-state index contributed by atoms with van der Waals surface area (Å²) in [7, 11) is 1.98. The molecule has 7 atom stereocenters. The summed E-state index contributed by atoms with van der Waals surface area (Å²) in [6, 6.07) is -1.70. The van der Waals surface area contributed by atoms with Crippen LogP contribution in [0.3, 0.4) is 0 Å². The van der Waals surface area contributed by atoms with Gasteiger partial charge in [-0.15, -0.1) is 0 Å². The van der Waals surface area contributed by atoms with Crippen molar-refractivity contribution in [3.05, 3.63) is 0 Å². The molecule has 0 aromatic rings. The highest BCUT2D eigenvalue weighted by Crippen LogP contribution is 2.39. The fraction of sp³-hybridized carbons (Fsp3) is 0.950. The van der Waals surface area contributed by atoms with E-state index in [-0.39, 0.29) is 31.1 Å². The van der Waals surface area contributed by atoms with Gasteiger partial charge in [0.2, 0.25) is 5.91 Å². The highest BCUT2D eigenvalue weighted by Gasteiger charge is 2.46. The monoisotopic (exact) mass is 417 g/mol. The molecule has 0 aromatic heterocycles. The first-order valence-electron chi connectivity index (χ1n) is 11.1. The van der Waals surface area contributed by atoms with Crippen LogP contribution < -0.4 is 21.3 Å². The summed E-state index contributed by atoms with van der Waals surface area (Å²) in [6.45, 7) is 1.93. The van der Waals surface area contributed by atoms with Crippen molar-refractivity contribution in [2.24, 2.45) is 11.8 Å². The van der Waals surface area contributed by atoms with Crippen molar-refractivity contribution in [3.8, 4) is 0 Å². The molecule has 0 aromatic carbocycles. The molecule has 4 aliphatic rings. The van der Waals surface area contributed by atoms with Gasteiger partial charge < -0.3 is 16.0 Å². The van der Waals surface area contributed by atoms with E-state index in [1.54, 1.807) is 0 Å². The Hall–Kier alpha value is -0.900. The summed E-state index contributed by atoms with van der Waals surface area (Å²) < 4.78 is 39.0. The van der Waals surface area contributed by atoms with Gasteiger partial charge in [-0.25, -0.2) is 0 Å². The first kappa shape index (κ1) is 21.3. The number of likely N-dealkylation sites (N-methyl/N-ethyl adjacent to an activating group) is 1. The van der Waals surface area contributed by atoms with Crippen molar-refractivity contribution in [1.82, 2.24) is 26.2 Å². The lowest BCUT2D eigenvalue weighted by atomic mass is 9.70. The highest BCUT2D eigenvalue weighted by atomic mass is 19.4. The van der Waals surface area contributed by atoms with Crippen LogP contribution in [0.1, 0.15) is 44.9 Å². The number of carbonyl (C=O) groups excluding carboxylic acids is 1. The van der Waals surface area contributed by atoms with Crippen LogP contribution in [-0.2, 0) is 4.79 Å². The maximum atomic E-state index is 13.0. The lowest BCUT2D eigenvalue weighted by Crippen LogP contribution is -2.57. The number of nitrogens with one attached hydrogen (secondary N) is 4. The standard InChI is InChI=1S/C20H34F3N5O/c1-28-16(19(29)27-12-7-9-25-17(10-12)20(21,22)23)11-26-18(28)14-4-2-6-15-13(14)5-3-8-24-15/h12-18,24-26H,2-11H2,1H3,(H,27,29). The number of halogens is 3. The largest absolute Gasteiger partial charge is 0.403 e. The van der Waals surface area contributed by atoms with Crippen LogP contribution in [0, 0.1) is 11.8 Å². The number of rotatable bonds is 3. The Morgan fingerprint density at radius 2 is 1.79 bits per heavy atom. The van der Waals surface area contributed by atoms with Crippen molar-refractivity contribution < 1.29 is 18.0 Å². The topological polar surface area (TPSA) is 68.4 Å². The summed E-state index contributed by atoms with van der Waals surface area (Å²) >= 11 is 0. The van der Waals surface area contributed by atoms with E-state index in [0.29, 0.717) is 30.8 Å². The van der Waals surface area contributed by atoms with E-state index in [9.17, 15) is 18.0 Å². The lowest BCUT2D eigenvalue weighted by molar-refractivity contribution is -0.162. The molecule has 6 nitrogen and oxygen atoms in total. The summed E-state index contributed by atoms with van der Waals surface area (Å²) in [5, 5.41) is 12.6. The van der Waals surface area contributed by atoms with Crippen molar-refractivity contribution in [2.45, 2.75) is 81.5 Å². The van der Waals surface area contributed by atoms with E-state index < -0.39 is 18.3 Å². The van der Waals surface area contributed by atoms with E-state index in [1.165, 1.54) is 32.1 Å². The molecule has 4 N–H and O–H groups in total. The van der Waals surface area contributed by atoms with Gasteiger partial charge in [0.15, 0.2) is 0 Å². The van der Waals surface area contributed by atoms with Crippen molar-refractivity contribution in [3.63, 3.8) is 0 Å². The van der Waals surface area contributed by atoms with Gasteiger partial charge in [-0.3, -0.25) is 15.0 Å².